The maximum absolute atomic E-state index is 10.5. The zero-order valence-corrected chi connectivity index (χ0v) is 7.20. The van der Waals surface area contributed by atoms with Gasteiger partial charge in [0.2, 0.25) is 0 Å². The lowest BCUT2D eigenvalue weighted by atomic mass is 10.1. The number of hydrogen-bond donors (Lipinski definition) is 1. The fraction of sp³-hybridized carbons (Fsp3) is 0.833. The lowest BCUT2D eigenvalue weighted by Crippen LogP contribution is -2.21. The van der Waals surface area contributed by atoms with Gasteiger partial charge in [-0.3, -0.25) is 4.79 Å². The van der Waals surface area contributed by atoms with E-state index in [2.05, 4.69) is 0 Å². The number of carbonyl (C=O) groups is 1. The molecule has 0 aromatic heterocycles. The summed E-state index contributed by atoms with van der Waals surface area (Å²) in [6.07, 6.45) is 0. The topological polar surface area (TPSA) is 37.3 Å². The maximum atomic E-state index is 10.5. The zero-order chi connectivity index (χ0) is 8.15. The molecule has 1 aliphatic carbocycles. The number of carboxylic acid groups (broad SMARTS) is 1. The summed E-state index contributed by atoms with van der Waals surface area (Å²) >= 11 is 11.4. The van der Waals surface area contributed by atoms with E-state index in [4.69, 9.17) is 28.3 Å². The Labute approximate surface area is 69.1 Å². The van der Waals surface area contributed by atoms with Gasteiger partial charge >= 0.3 is 5.97 Å². The standard InChI is InChI=1S/C6H8Cl2O2/c1-5(2)3(7)6(5,8)4(9)10/h3H,1-2H3,(H,9,10). The van der Waals surface area contributed by atoms with Gasteiger partial charge in [-0.05, 0) is 0 Å². The van der Waals surface area contributed by atoms with Gasteiger partial charge in [0.1, 0.15) is 0 Å². The van der Waals surface area contributed by atoms with Crippen LogP contribution in [0.4, 0.5) is 0 Å². The van der Waals surface area contributed by atoms with Gasteiger partial charge in [0.05, 0.1) is 5.38 Å². The number of carboxylic acids is 1. The van der Waals surface area contributed by atoms with E-state index < -0.39 is 21.6 Å². The van der Waals surface area contributed by atoms with Crippen LogP contribution in [-0.4, -0.2) is 21.3 Å². The second-order valence-electron chi connectivity index (χ2n) is 3.10. The number of alkyl halides is 2. The van der Waals surface area contributed by atoms with Crippen molar-refractivity contribution < 1.29 is 9.90 Å². The van der Waals surface area contributed by atoms with E-state index in [1.54, 1.807) is 13.8 Å². The minimum Gasteiger partial charge on any atom is -0.480 e. The van der Waals surface area contributed by atoms with Gasteiger partial charge in [0, 0.05) is 5.41 Å². The molecule has 0 saturated heterocycles. The molecule has 0 amide bonds. The minimum absolute atomic E-state index is 0.459. The monoisotopic (exact) mass is 182 g/mol. The Morgan fingerprint density at radius 3 is 1.90 bits per heavy atom. The highest BCUT2D eigenvalue weighted by Gasteiger charge is 2.75. The largest absolute Gasteiger partial charge is 0.480 e. The summed E-state index contributed by atoms with van der Waals surface area (Å²) in [6, 6.07) is 0. The van der Waals surface area contributed by atoms with Crippen molar-refractivity contribution in [2.75, 3.05) is 0 Å². The van der Waals surface area contributed by atoms with Crippen LogP contribution < -0.4 is 0 Å². The molecule has 2 nitrogen and oxygen atoms in total. The van der Waals surface area contributed by atoms with Gasteiger partial charge in [-0.2, -0.15) is 0 Å². The van der Waals surface area contributed by atoms with Crippen LogP contribution in [0, 0.1) is 5.41 Å². The van der Waals surface area contributed by atoms with Crippen LogP contribution in [0.3, 0.4) is 0 Å². The summed E-state index contributed by atoms with van der Waals surface area (Å²) in [7, 11) is 0. The molecular formula is C6H8Cl2O2. The summed E-state index contributed by atoms with van der Waals surface area (Å²) in [6.45, 7) is 3.48. The summed E-state index contributed by atoms with van der Waals surface area (Å²) in [5, 5.41) is 8.14. The summed E-state index contributed by atoms with van der Waals surface area (Å²) in [5.74, 6) is -1.03. The van der Waals surface area contributed by atoms with Crippen molar-refractivity contribution in [1.82, 2.24) is 0 Å². The van der Waals surface area contributed by atoms with E-state index in [9.17, 15) is 4.79 Å². The van der Waals surface area contributed by atoms with Gasteiger partial charge < -0.3 is 5.11 Å². The van der Waals surface area contributed by atoms with Gasteiger partial charge in [0.25, 0.3) is 0 Å². The first-order valence-corrected chi connectivity index (χ1v) is 3.73. The van der Waals surface area contributed by atoms with Gasteiger partial charge in [-0.25, -0.2) is 0 Å². The molecule has 0 aromatic rings. The molecule has 0 aliphatic heterocycles. The fourth-order valence-corrected chi connectivity index (χ4v) is 1.90. The highest BCUT2D eigenvalue weighted by atomic mass is 35.5. The molecule has 1 N–H and O–H groups in total. The van der Waals surface area contributed by atoms with Crippen LogP contribution in [0.2, 0.25) is 0 Å². The van der Waals surface area contributed by atoms with Crippen molar-refractivity contribution in [3.05, 3.63) is 0 Å². The highest BCUT2D eigenvalue weighted by molar-refractivity contribution is 6.46. The molecule has 0 bridgehead atoms. The molecule has 1 aliphatic rings. The normalized spacial score (nSPS) is 43.0. The molecule has 0 aromatic carbocycles. The van der Waals surface area contributed by atoms with Crippen LogP contribution in [0.5, 0.6) is 0 Å². The summed E-state index contributed by atoms with van der Waals surface area (Å²) in [5.41, 5.74) is -0.484. The molecular weight excluding hydrogens is 175 g/mol. The third-order valence-corrected chi connectivity index (χ3v) is 4.00. The van der Waals surface area contributed by atoms with Crippen molar-refractivity contribution in [1.29, 1.82) is 0 Å². The van der Waals surface area contributed by atoms with Crippen molar-refractivity contribution in [3.63, 3.8) is 0 Å². The highest BCUT2D eigenvalue weighted by Crippen LogP contribution is 2.63. The summed E-state index contributed by atoms with van der Waals surface area (Å²) in [4.78, 5) is 9.25. The molecule has 2 atom stereocenters. The predicted octanol–water partition coefficient (Wildman–Crippen LogP) is 1.70. The number of halogens is 2. The molecule has 2 unspecified atom stereocenters. The fourth-order valence-electron chi connectivity index (χ4n) is 1.03. The summed E-state index contributed by atoms with van der Waals surface area (Å²) < 4.78 is 0. The Morgan fingerprint density at radius 1 is 1.60 bits per heavy atom. The lowest BCUT2D eigenvalue weighted by molar-refractivity contribution is -0.138. The van der Waals surface area contributed by atoms with Crippen molar-refractivity contribution in [3.8, 4) is 0 Å². The van der Waals surface area contributed by atoms with Crippen LogP contribution in [0.25, 0.3) is 0 Å². The van der Waals surface area contributed by atoms with E-state index in [0.717, 1.165) is 0 Å². The van der Waals surface area contributed by atoms with Gasteiger partial charge in [0.15, 0.2) is 4.87 Å². The SMILES string of the molecule is CC1(C)C(Cl)C1(Cl)C(=O)O. The zero-order valence-electron chi connectivity index (χ0n) is 5.69. The number of aliphatic carboxylic acids is 1. The molecule has 1 saturated carbocycles. The molecule has 1 rings (SSSR count). The quantitative estimate of drug-likeness (QED) is 0.628. The van der Waals surface area contributed by atoms with Crippen LogP contribution >= 0.6 is 23.2 Å². The molecule has 4 heteroatoms. The Kier molecular flexibility index (Phi) is 1.47. The first kappa shape index (κ1) is 8.15. The van der Waals surface area contributed by atoms with E-state index in [0.29, 0.717) is 0 Å². The number of hydrogen-bond acceptors (Lipinski definition) is 1. The Bertz CT molecular complexity index is 190. The lowest BCUT2D eigenvalue weighted by Gasteiger charge is -2.03. The van der Waals surface area contributed by atoms with Crippen LogP contribution in [0.15, 0.2) is 0 Å². The number of rotatable bonds is 1. The first-order valence-electron chi connectivity index (χ1n) is 2.91. The average Bonchev–Trinajstić information content (AvgIpc) is 2.16. The molecule has 10 heavy (non-hydrogen) atoms. The predicted molar refractivity (Wildman–Crippen MR) is 39.6 cm³/mol. The second kappa shape index (κ2) is 1.80. The van der Waals surface area contributed by atoms with Crippen LogP contribution in [0.1, 0.15) is 13.8 Å². The van der Waals surface area contributed by atoms with E-state index >= 15 is 0 Å². The molecule has 58 valence electrons. The first-order chi connectivity index (χ1) is 4.35. The van der Waals surface area contributed by atoms with E-state index in [1.165, 1.54) is 0 Å². The van der Waals surface area contributed by atoms with Crippen molar-refractivity contribution in [2.24, 2.45) is 5.41 Å². The smallest absolute Gasteiger partial charge is 0.326 e. The Morgan fingerprint density at radius 2 is 1.90 bits per heavy atom. The maximum Gasteiger partial charge on any atom is 0.326 e. The van der Waals surface area contributed by atoms with Crippen molar-refractivity contribution in [2.45, 2.75) is 24.1 Å². The van der Waals surface area contributed by atoms with Gasteiger partial charge in [-0.15, -0.1) is 23.2 Å². The van der Waals surface area contributed by atoms with Gasteiger partial charge in [-0.1, -0.05) is 13.8 Å². The minimum atomic E-state index is -1.24. The van der Waals surface area contributed by atoms with E-state index in [1.807, 2.05) is 0 Å². The van der Waals surface area contributed by atoms with E-state index in [-0.39, 0.29) is 0 Å². The van der Waals surface area contributed by atoms with Crippen LogP contribution in [-0.2, 0) is 4.79 Å². The third kappa shape index (κ3) is 0.638. The molecule has 0 spiro atoms. The Hall–Kier alpha value is 0.0500. The second-order valence-corrected chi connectivity index (χ2v) is 4.13. The molecule has 0 radical (unpaired) electrons. The average molecular weight is 183 g/mol. The van der Waals surface area contributed by atoms with Crippen molar-refractivity contribution >= 4 is 29.2 Å². The molecule has 0 heterocycles. The Balaban J connectivity index is 2.88. The third-order valence-electron chi connectivity index (χ3n) is 2.15. The molecule has 1 fully saturated rings.